The van der Waals surface area contributed by atoms with E-state index in [9.17, 15) is 4.79 Å². The Bertz CT molecular complexity index is 339. The van der Waals surface area contributed by atoms with Crippen molar-refractivity contribution in [1.82, 2.24) is 5.32 Å². The zero-order valence-electron chi connectivity index (χ0n) is 8.13. The Hall–Kier alpha value is -1.22. The number of rotatable bonds is 3. The van der Waals surface area contributed by atoms with E-state index >= 15 is 0 Å². The Balaban J connectivity index is 2.60. The molecule has 14 heavy (non-hydrogen) atoms. The molecule has 4 heteroatoms. The summed E-state index contributed by atoms with van der Waals surface area (Å²) < 4.78 is 5.20. The smallest absolute Gasteiger partial charge is 0.257 e. The molecule has 0 heterocycles. The molecule has 0 fully saturated rings. The maximum atomic E-state index is 10.9. The molecule has 0 saturated carbocycles. The zero-order valence-corrected chi connectivity index (χ0v) is 8.89. The molecule has 3 nitrogen and oxygen atoms in total. The first kappa shape index (κ1) is 10.9. The molecule has 1 aromatic carbocycles. The van der Waals surface area contributed by atoms with Crippen LogP contribution in [0.1, 0.15) is 5.56 Å². The van der Waals surface area contributed by atoms with Gasteiger partial charge in [-0.25, -0.2) is 0 Å². The van der Waals surface area contributed by atoms with Crippen LogP contribution in [0.15, 0.2) is 18.2 Å². The van der Waals surface area contributed by atoms with E-state index in [-0.39, 0.29) is 12.5 Å². The molecule has 0 aliphatic carbocycles. The molecule has 0 spiro atoms. The predicted octanol–water partition coefficient (Wildman–Crippen LogP) is 1.77. The van der Waals surface area contributed by atoms with E-state index in [1.807, 2.05) is 13.0 Å². The minimum absolute atomic E-state index is 0.00981. The van der Waals surface area contributed by atoms with Crippen LogP contribution in [-0.2, 0) is 4.79 Å². The lowest BCUT2D eigenvalue weighted by molar-refractivity contribution is -0.122. The number of carbonyl (C=O) groups is 1. The van der Waals surface area contributed by atoms with Gasteiger partial charge in [-0.1, -0.05) is 17.7 Å². The number of nitrogens with one attached hydrogen (secondary N) is 1. The van der Waals surface area contributed by atoms with Crippen LogP contribution < -0.4 is 10.1 Å². The van der Waals surface area contributed by atoms with Gasteiger partial charge in [0.1, 0.15) is 5.75 Å². The predicted molar refractivity (Wildman–Crippen MR) is 55.8 cm³/mol. The van der Waals surface area contributed by atoms with Gasteiger partial charge in [0.25, 0.3) is 5.91 Å². The fraction of sp³-hybridized carbons (Fsp3) is 0.300. The number of halogens is 1. The van der Waals surface area contributed by atoms with E-state index in [0.717, 1.165) is 5.56 Å². The summed E-state index contributed by atoms with van der Waals surface area (Å²) in [5.74, 6) is 0.436. The lowest BCUT2D eigenvalue weighted by Crippen LogP contribution is -2.24. The quantitative estimate of drug-likeness (QED) is 0.831. The third kappa shape index (κ3) is 2.92. The summed E-state index contributed by atoms with van der Waals surface area (Å²) in [7, 11) is 1.56. The van der Waals surface area contributed by atoms with E-state index in [1.165, 1.54) is 0 Å². The lowest BCUT2D eigenvalue weighted by atomic mass is 10.2. The minimum atomic E-state index is -0.165. The van der Waals surface area contributed by atoms with Gasteiger partial charge in [-0.2, -0.15) is 0 Å². The summed E-state index contributed by atoms with van der Waals surface area (Å²) in [4.78, 5) is 10.9. The van der Waals surface area contributed by atoms with Crippen molar-refractivity contribution in [3.05, 3.63) is 28.8 Å². The third-order valence-corrected chi connectivity index (χ3v) is 2.20. The molecule has 76 valence electrons. The van der Waals surface area contributed by atoms with Crippen LogP contribution in [0.5, 0.6) is 5.75 Å². The Kier molecular flexibility index (Phi) is 3.77. The molecule has 0 aliphatic heterocycles. The van der Waals surface area contributed by atoms with Crippen LogP contribution in [0.4, 0.5) is 0 Å². The number of likely N-dealkylation sites (N-methyl/N-ethyl adjacent to an activating group) is 1. The fourth-order valence-electron chi connectivity index (χ4n) is 0.884. The summed E-state index contributed by atoms with van der Waals surface area (Å²) in [5.41, 5.74) is 0.985. The topological polar surface area (TPSA) is 38.3 Å². The van der Waals surface area contributed by atoms with E-state index in [2.05, 4.69) is 5.32 Å². The van der Waals surface area contributed by atoms with Crippen molar-refractivity contribution >= 4 is 17.5 Å². The van der Waals surface area contributed by atoms with Crippen LogP contribution in [-0.4, -0.2) is 19.6 Å². The highest BCUT2D eigenvalue weighted by molar-refractivity contribution is 6.31. The van der Waals surface area contributed by atoms with Crippen molar-refractivity contribution in [2.45, 2.75) is 6.92 Å². The lowest BCUT2D eigenvalue weighted by Gasteiger charge is -2.06. The van der Waals surface area contributed by atoms with Gasteiger partial charge in [0.2, 0.25) is 0 Å². The third-order valence-electron chi connectivity index (χ3n) is 1.79. The Morgan fingerprint density at radius 3 is 2.86 bits per heavy atom. The van der Waals surface area contributed by atoms with Gasteiger partial charge in [-0.15, -0.1) is 0 Å². The molecule has 0 unspecified atom stereocenters. The zero-order chi connectivity index (χ0) is 10.6. The number of aryl methyl sites for hydroxylation is 1. The van der Waals surface area contributed by atoms with Crippen molar-refractivity contribution in [3.63, 3.8) is 0 Å². The van der Waals surface area contributed by atoms with E-state index in [0.29, 0.717) is 10.8 Å². The van der Waals surface area contributed by atoms with Crippen molar-refractivity contribution in [1.29, 1.82) is 0 Å². The normalized spacial score (nSPS) is 9.64. The highest BCUT2D eigenvalue weighted by Gasteiger charge is 2.01. The highest BCUT2D eigenvalue weighted by Crippen LogP contribution is 2.21. The monoisotopic (exact) mass is 213 g/mol. The molecule has 1 rings (SSSR count). The Labute approximate surface area is 88.0 Å². The summed E-state index contributed by atoms with van der Waals surface area (Å²) >= 11 is 5.88. The number of hydrogen-bond acceptors (Lipinski definition) is 2. The summed E-state index contributed by atoms with van der Waals surface area (Å²) in [5, 5.41) is 3.10. The van der Waals surface area contributed by atoms with E-state index < -0.39 is 0 Å². The van der Waals surface area contributed by atoms with Gasteiger partial charge < -0.3 is 10.1 Å². The van der Waals surface area contributed by atoms with Crippen LogP contribution in [0.3, 0.4) is 0 Å². The van der Waals surface area contributed by atoms with Gasteiger partial charge in [-0.3, -0.25) is 4.79 Å². The Morgan fingerprint density at radius 1 is 1.57 bits per heavy atom. The van der Waals surface area contributed by atoms with Crippen LogP contribution in [0.25, 0.3) is 0 Å². The van der Waals surface area contributed by atoms with Crippen LogP contribution in [0.2, 0.25) is 5.02 Å². The second-order valence-electron chi connectivity index (χ2n) is 2.87. The van der Waals surface area contributed by atoms with Gasteiger partial charge in [-0.05, 0) is 24.6 Å². The average molecular weight is 214 g/mol. The number of benzene rings is 1. The maximum Gasteiger partial charge on any atom is 0.257 e. The van der Waals surface area contributed by atoms with Gasteiger partial charge >= 0.3 is 0 Å². The first-order valence-corrected chi connectivity index (χ1v) is 4.61. The summed E-state index contributed by atoms with van der Waals surface area (Å²) in [6.07, 6.45) is 0. The van der Waals surface area contributed by atoms with Gasteiger partial charge in [0.05, 0.1) is 0 Å². The van der Waals surface area contributed by atoms with Crippen molar-refractivity contribution in [3.8, 4) is 5.75 Å². The second-order valence-corrected chi connectivity index (χ2v) is 3.28. The van der Waals surface area contributed by atoms with Crippen molar-refractivity contribution in [2.24, 2.45) is 0 Å². The fourth-order valence-corrected chi connectivity index (χ4v) is 1.05. The number of carbonyl (C=O) groups excluding carboxylic acids is 1. The molecule has 1 aromatic rings. The van der Waals surface area contributed by atoms with Crippen molar-refractivity contribution in [2.75, 3.05) is 13.7 Å². The summed E-state index contributed by atoms with van der Waals surface area (Å²) in [6, 6.07) is 5.32. The molecule has 0 radical (unpaired) electrons. The molecule has 0 aromatic heterocycles. The average Bonchev–Trinajstić information content (AvgIpc) is 2.19. The number of hydrogen-bond donors (Lipinski definition) is 1. The molecule has 1 amide bonds. The van der Waals surface area contributed by atoms with Crippen LogP contribution >= 0.6 is 11.6 Å². The number of ether oxygens (including phenoxy) is 1. The molecular formula is C10H12ClNO2. The minimum Gasteiger partial charge on any atom is -0.484 e. The van der Waals surface area contributed by atoms with Crippen LogP contribution in [0, 0.1) is 6.92 Å². The van der Waals surface area contributed by atoms with Crippen molar-refractivity contribution < 1.29 is 9.53 Å². The maximum absolute atomic E-state index is 10.9. The molecule has 0 aliphatic rings. The molecule has 0 bridgehead atoms. The molecular weight excluding hydrogens is 202 g/mol. The molecule has 0 atom stereocenters. The first-order chi connectivity index (χ1) is 6.63. The Morgan fingerprint density at radius 2 is 2.29 bits per heavy atom. The standard InChI is InChI=1S/C10H12ClNO2/c1-7-3-4-8(5-9(7)11)14-6-10(13)12-2/h3-5H,6H2,1-2H3,(H,12,13). The SMILES string of the molecule is CNC(=O)COc1ccc(C)c(Cl)c1. The van der Waals surface area contributed by atoms with E-state index in [1.54, 1.807) is 19.2 Å². The van der Waals surface area contributed by atoms with E-state index in [4.69, 9.17) is 16.3 Å². The largest absolute Gasteiger partial charge is 0.484 e. The summed E-state index contributed by atoms with van der Waals surface area (Å²) in [6.45, 7) is 1.92. The number of amides is 1. The van der Waals surface area contributed by atoms with Gasteiger partial charge in [0, 0.05) is 12.1 Å². The molecule has 1 N–H and O–H groups in total. The highest BCUT2D eigenvalue weighted by atomic mass is 35.5. The second kappa shape index (κ2) is 4.86. The first-order valence-electron chi connectivity index (χ1n) is 4.23. The van der Waals surface area contributed by atoms with Gasteiger partial charge in [0.15, 0.2) is 6.61 Å². The molecule has 0 saturated heterocycles.